The van der Waals surface area contributed by atoms with Crippen LogP contribution < -0.4 is 5.32 Å². The van der Waals surface area contributed by atoms with Crippen LogP contribution in [0.1, 0.15) is 23.7 Å². The lowest BCUT2D eigenvalue weighted by atomic mass is 10.1. The third-order valence-electron chi connectivity index (χ3n) is 3.48. The van der Waals surface area contributed by atoms with E-state index in [1.807, 2.05) is 6.92 Å². The zero-order valence-electron chi connectivity index (χ0n) is 13.9. The second-order valence-electron chi connectivity index (χ2n) is 5.52. The highest BCUT2D eigenvalue weighted by molar-refractivity contribution is 6.36. The van der Waals surface area contributed by atoms with Gasteiger partial charge in [-0.25, -0.2) is 8.78 Å². The number of anilines is 1. The molecule has 0 aliphatic carbocycles. The van der Waals surface area contributed by atoms with Gasteiger partial charge in [0.15, 0.2) is 0 Å². The molecule has 0 heterocycles. The molecule has 2 aromatic carbocycles. The van der Waals surface area contributed by atoms with Crippen molar-refractivity contribution < 1.29 is 18.4 Å². The summed E-state index contributed by atoms with van der Waals surface area (Å²) in [4.78, 5) is 26.0. The predicted molar refractivity (Wildman–Crippen MR) is 97.6 cm³/mol. The summed E-state index contributed by atoms with van der Waals surface area (Å²) in [5.41, 5.74) is 0.0510. The van der Waals surface area contributed by atoms with Crippen LogP contribution in [0.5, 0.6) is 0 Å². The Labute approximate surface area is 159 Å². The van der Waals surface area contributed by atoms with Crippen molar-refractivity contribution in [1.82, 2.24) is 4.90 Å². The molecule has 2 rings (SSSR count). The van der Waals surface area contributed by atoms with Gasteiger partial charge in [-0.1, -0.05) is 30.1 Å². The zero-order chi connectivity index (χ0) is 19.3. The van der Waals surface area contributed by atoms with Crippen molar-refractivity contribution in [3.8, 4) is 0 Å². The molecular weight excluding hydrogens is 385 g/mol. The number of carbonyl (C=O) groups excluding carboxylic acids is 2. The van der Waals surface area contributed by atoms with Crippen molar-refractivity contribution in [3.05, 3.63) is 63.6 Å². The fourth-order valence-electron chi connectivity index (χ4n) is 2.31. The number of benzene rings is 2. The molecular formula is C18H16Cl2F2N2O2. The summed E-state index contributed by atoms with van der Waals surface area (Å²) in [6.07, 6.45) is 0.559. The summed E-state index contributed by atoms with van der Waals surface area (Å²) in [5.74, 6) is -2.95. The molecule has 0 fully saturated rings. The molecule has 0 aromatic heterocycles. The average molecular weight is 401 g/mol. The highest BCUT2D eigenvalue weighted by Gasteiger charge is 2.21. The van der Waals surface area contributed by atoms with Gasteiger partial charge in [-0.15, -0.1) is 0 Å². The maximum absolute atomic E-state index is 13.9. The maximum atomic E-state index is 13.9. The van der Waals surface area contributed by atoms with Gasteiger partial charge in [0.2, 0.25) is 5.91 Å². The molecule has 0 aliphatic heterocycles. The molecule has 0 bridgehead atoms. The first kappa shape index (κ1) is 20.1. The van der Waals surface area contributed by atoms with E-state index < -0.39 is 23.4 Å². The standard InChI is InChI=1S/C18H16Cl2F2N2O2/c1-2-7-24(18(26)13-5-4-12(21)9-15(13)22)10-17(25)23-16-6-3-11(19)8-14(16)20/h3-6,8-9H,2,7,10H2,1H3,(H,23,25). The van der Waals surface area contributed by atoms with Gasteiger partial charge in [-0.3, -0.25) is 9.59 Å². The third kappa shape index (κ3) is 5.16. The van der Waals surface area contributed by atoms with Crippen molar-refractivity contribution in [1.29, 1.82) is 0 Å². The Balaban J connectivity index is 2.13. The Kier molecular flexibility index (Phi) is 6.94. The third-order valence-corrected chi connectivity index (χ3v) is 4.03. The molecule has 0 aliphatic rings. The molecule has 0 spiro atoms. The van der Waals surface area contributed by atoms with Crippen molar-refractivity contribution in [2.24, 2.45) is 0 Å². The van der Waals surface area contributed by atoms with Gasteiger partial charge < -0.3 is 10.2 Å². The van der Waals surface area contributed by atoms with E-state index in [2.05, 4.69) is 5.32 Å². The van der Waals surface area contributed by atoms with Crippen molar-refractivity contribution in [3.63, 3.8) is 0 Å². The Bertz CT molecular complexity index is 831. The van der Waals surface area contributed by atoms with Crippen molar-refractivity contribution in [2.75, 3.05) is 18.4 Å². The predicted octanol–water partition coefficient (Wildman–Crippen LogP) is 4.76. The van der Waals surface area contributed by atoms with Gasteiger partial charge in [-0.05, 0) is 36.8 Å². The topological polar surface area (TPSA) is 49.4 Å². The number of amides is 2. The second-order valence-corrected chi connectivity index (χ2v) is 6.37. The van der Waals surface area contributed by atoms with Crippen LogP contribution in [-0.4, -0.2) is 29.8 Å². The van der Waals surface area contributed by atoms with Crippen LogP contribution in [0, 0.1) is 11.6 Å². The van der Waals surface area contributed by atoms with E-state index in [1.165, 1.54) is 17.0 Å². The quantitative estimate of drug-likeness (QED) is 0.759. The fraction of sp³-hybridized carbons (Fsp3) is 0.222. The number of carbonyl (C=O) groups is 2. The first-order chi connectivity index (χ1) is 12.3. The van der Waals surface area contributed by atoms with E-state index in [1.54, 1.807) is 6.07 Å². The Morgan fingerprint density at radius 3 is 2.46 bits per heavy atom. The molecule has 0 saturated heterocycles. The normalized spacial score (nSPS) is 10.5. The van der Waals surface area contributed by atoms with Crippen LogP contribution in [0.25, 0.3) is 0 Å². The van der Waals surface area contributed by atoms with E-state index >= 15 is 0 Å². The summed E-state index contributed by atoms with van der Waals surface area (Å²) < 4.78 is 26.9. The number of rotatable bonds is 6. The summed E-state index contributed by atoms with van der Waals surface area (Å²) >= 11 is 11.8. The van der Waals surface area contributed by atoms with Crippen LogP contribution in [0.4, 0.5) is 14.5 Å². The smallest absolute Gasteiger partial charge is 0.257 e. The molecule has 26 heavy (non-hydrogen) atoms. The minimum atomic E-state index is -0.975. The molecule has 0 atom stereocenters. The largest absolute Gasteiger partial charge is 0.329 e. The van der Waals surface area contributed by atoms with Crippen LogP contribution in [0.3, 0.4) is 0 Å². The van der Waals surface area contributed by atoms with Crippen molar-refractivity contribution in [2.45, 2.75) is 13.3 Å². The molecule has 0 saturated carbocycles. The molecule has 0 unspecified atom stereocenters. The van der Waals surface area contributed by atoms with Gasteiger partial charge >= 0.3 is 0 Å². The average Bonchev–Trinajstić information content (AvgIpc) is 2.56. The number of hydrogen-bond donors (Lipinski definition) is 1. The lowest BCUT2D eigenvalue weighted by molar-refractivity contribution is -0.116. The molecule has 0 radical (unpaired) electrons. The van der Waals surface area contributed by atoms with Gasteiger partial charge in [-0.2, -0.15) is 0 Å². The Hall–Kier alpha value is -2.18. The van der Waals surface area contributed by atoms with Crippen LogP contribution in [0.15, 0.2) is 36.4 Å². The molecule has 4 nitrogen and oxygen atoms in total. The highest BCUT2D eigenvalue weighted by atomic mass is 35.5. The highest BCUT2D eigenvalue weighted by Crippen LogP contribution is 2.25. The minimum Gasteiger partial charge on any atom is -0.329 e. The lowest BCUT2D eigenvalue weighted by Crippen LogP contribution is -2.39. The van der Waals surface area contributed by atoms with Gasteiger partial charge in [0.25, 0.3) is 5.91 Å². The van der Waals surface area contributed by atoms with E-state index in [0.29, 0.717) is 23.2 Å². The van der Waals surface area contributed by atoms with E-state index in [4.69, 9.17) is 23.2 Å². The van der Waals surface area contributed by atoms with Crippen LogP contribution in [0.2, 0.25) is 10.0 Å². The SMILES string of the molecule is CCCN(CC(=O)Nc1ccc(Cl)cc1Cl)C(=O)c1ccc(F)cc1F. The van der Waals surface area contributed by atoms with Gasteiger partial charge in [0, 0.05) is 17.6 Å². The Morgan fingerprint density at radius 2 is 1.85 bits per heavy atom. The molecule has 2 aromatic rings. The van der Waals surface area contributed by atoms with Crippen molar-refractivity contribution >= 4 is 40.7 Å². The van der Waals surface area contributed by atoms with Crippen LogP contribution >= 0.6 is 23.2 Å². The first-order valence-corrected chi connectivity index (χ1v) is 8.56. The van der Waals surface area contributed by atoms with Gasteiger partial charge in [0.05, 0.1) is 16.3 Å². The summed E-state index contributed by atoms with van der Waals surface area (Å²) in [5, 5.41) is 3.25. The summed E-state index contributed by atoms with van der Waals surface area (Å²) in [6.45, 7) is 1.75. The number of hydrogen-bond acceptors (Lipinski definition) is 2. The number of halogens is 4. The minimum absolute atomic E-state index is 0.234. The van der Waals surface area contributed by atoms with Crippen LogP contribution in [-0.2, 0) is 4.79 Å². The summed E-state index contributed by atoms with van der Waals surface area (Å²) in [7, 11) is 0. The molecule has 8 heteroatoms. The zero-order valence-corrected chi connectivity index (χ0v) is 15.4. The maximum Gasteiger partial charge on any atom is 0.257 e. The Morgan fingerprint density at radius 1 is 1.12 bits per heavy atom. The van der Waals surface area contributed by atoms with E-state index in [9.17, 15) is 18.4 Å². The van der Waals surface area contributed by atoms with E-state index in [-0.39, 0.29) is 23.7 Å². The summed E-state index contributed by atoms with van der Waals surface area (Å²) in [6, 6.07) is 7.25. The molecule has 1 N–H and O–H groups in total. The fourth-order valence-corrected chi connectivity index (χ4v) is 2.77. The second kappa shape index (κ2) is 8.96. The first-order valence-electron chi connectivity index (χ1n) is 7.81. The number of nitrogens with zero attached hydrogens (tertiary/aromatic N) is 1. The van der Waals surface area contributed by atoms with E-state index in [0.717, 1.165) is 12.1 Å². The van der Waals surface area contributed by atoms with Gasteiger partial charge in [0.1, 0.15) is 18.2 Å². The molecule has 138 valence electrons. The monoisotopic (exact) mass is 400 g/mol. The number of nitrogens with one attached hydrogen (secondary N) is 1. The molecule has 2 amide bonds. The lowest BCUT2D eigenvalue weighted by Gasteiger charge is -2.22.